The van der Waals surface area contributed by atoms with Gasteiger partial charge in [-0.15, -0.1) is 0 Å². The number of imidazole rings is 1. The number of rotatable bonds is 2. The van der Waals surface area contributed by atoms with E-state index in [1.165, 1.54) is 6.26 Å². The Kier molecular flexibility index (Phi) is 3.25. The summed E-state index contributed by atoms with van der Waals surface area (Å²) in [6, 6.07) is 1.28. The van der Waals surface area contributed by atoms with Crippen molar-refractivity contribution < 1.29 is 14.0 Å². The van der Waals surface area contributed by atoms with Crippen LogP contribution >= 0.6 is 0 Å². The maximum Gasteiger partial charge on any atom is 0.290 e. The number of hydrogen-bond acceptors (Lipinski definition) is 4. The van der Waals surface area contributed by atoms with Gasteiger partial charge in [-0.25, -0.2) is 4.98 Å². The summed E-state index contributed by atoms with van der Waals surface area (Å²) in [5.41, 5.74) is 1.61. The molecular formula is C14H16N4O3. The van der Waals surface area contributed by atoms with E-state index in [2.05, 4.69) is 10.3 Å². The number of aromatic nitrogens is 2. The number of furan rings is 1. The Morgan fingerprint density at radius 1 is 1.48 bits per heavy atom. The molecule has 0 bridgehead atoms. The quantitative estimate of drug-likeness (QED) is 0.883. The zero-order chi connectivity index (χ0) is 15.0. The molecule has 0 spiro atoms. The molecule has 1 aliphatic heterocycles. The van der Waals surface area contributed by atoms with Crippen LogP contribution in [0, 0.1) is 6.92 Å². The number of fused-ring (bicyclic) bond motifs is 1. The van der Waals surface area contributed by atoms with Crippen molar-refractivity contribution in [3.8, 4) is 0 Å². The Bertz CT molecular complexity index is 688. The highest BCUT2D eigenvalue weighted by molar-refractivity contribution is 5.93. The first-order valence-corrected chi connectivity index (χ1v) is 6.67. The lowest BCUT2D eigenvalue weighted by molar-refractivity contribution is -0.124. The van der Waals surface area contributed by atoms with E-state index in [-0.39, 0.29) is 11.8 Å². The number of aryl methyl sites for hydroxylation is 1. The van der Waals surface area contributed by atoms with Crippen LogP contribution in [0.2, 0.25) is 0 Å². The van der Waals surface area contributed by atoms with Crippen LogP contribution in [0.25, 0.3) is 0 Å². The summed E-state index contributed by atoms with van der Waals surface area (Å²) in [4.78, 5) is 30.2. The highest BCUT2D eigenvalue weighted by Gasteiger charge is 2.33. The van der Waals surface area contributed by atoms with E-state index in [0.29, 0.717) is 18.8 Å². The third kappa shape index (κ3) is 2.20. The number of likely N-dealkylation sites (N-methyl/N-ethyl adjacent to an activating group) is 1. The van der Waals surface area contributed by atoms with Gasteiger partial charge in [-0.1, -0.05) is 0 Å². The summed E-state index contributed by atoms with van der Waals surface area (Å²) in [5.74, 6) is -0.0413. The minimum Gasteiger partial charge on any atom is -0.459 e. The SMILES string of the molecule is CNC(=O)[C@H]1CN(C(=O)c2occc2C)Cc2cncn21. The van der Waals surface area contributed by atoms with Crippen LogP contribution in [0.5, 0.6) is 0 Å². The number of carbonyl (C=O) groups is 2. The van der Waals surface area contributed by atoms with Crippen LogP contribution < -0.4 is 5.32 Å². The van der Waals surface area contributed by atoms with Crippen LogP contribution in [-0.4, -0.2) is 39.9 Å². The average Bonchev–Trinajstić information content (AvgIpc) is 3.12. The average molecular weight is 288 g/mol. The van der Waals surface area contributed by atoms with E-state index in [1.807, 2.05) is 6.92 Å². The number of hydrogen-bond donors (Lipinski definition) is 1. The summed E-state index contributed by atoms with van der Waals surface area (Å²) in [6.45, 7) is 2.52. The Balaban J connectivity index is 1.91. The summed E-state index contributed by atoms with van der Waals surface area (Å²) in [7, 11) is 1.58. The van der Waals surface area contributed by atoms with E-state index >= 15 is 0 Å². The third-order valence-corrected chi connectivity index (χ3v) is 3.72. The highest BCUT2D eigenvalue weighted by atomic mass is 16.3. The zero-order valence-corrected chi connectivity index (χ0v) is 11.9. The molecule has 0 fully saturated rings. The number of carbonyl (C=O) groups excluding carboxylic acids is 2. The Morgan fingerprint density at radius 2 is 2.29 bits per heavy atom. The lowest BCUT2D eigenvalue weighted by Gasteiger charge is -2.33. The summed E-state index contributed by atoms with van der Waals surface area (Å²) in [5, 5.41) is 2.62. The molecule has 0 aliphatic carbocycles. The van der Waals surface area contributed by atoms with Crippen molar-refractivity contribution in [2.75, 3.05) is 13.6 Å². The smallest absolute Gasteiger partial charge is 0.290 e. The van der Waals surface area contributed by atoms with Crippen molar-refractivity contribution in [2.24, 2.45) is 0 Å². The molecule has 0 aromatic carbocycles. The second kappa shape index (κ2) is 5.08. The molecule has 0 saturated heterocycles. The fourth-order valence-corrected chi connectivity index (χ4v) is 2.56. The zero-order valence-electron chi connectivity index (χ0n) is 11.9. The molecule has 7 nitrogen and oxygen atoms in total. The molecule has 0 saturated carbocycles. The first-order valence-electron chi connectivity index (χ1n) is 6.67. The van der Waals surface area contributed by atoms with Crippen LogP contribution in [0.3, 0.4) is 0 Å². The van der Waals surface area contributed by atoms with Crippen molar-refractivity contribution in [3.05, 3.63) is 41.9 Å². The van der Waals surface area contributed by atoms with Crippen molar-refractivity contribution in [3.63, 3.8) is 0 Å². The Labute approximate surface area is 121 Å². The third-order valence-electron chi connectivity index (χ3n) is 3.72. The predicted octanol–water partition coefficient (Wildman–Crippen LogP) is 0.728. The van der Waals surface area contributed by atoms with Crippen LogP contribution in [0.1, 0.15) is 27.9 Å². The second-order valence-corrected chi connectivity index (χ2v) is 5.04. The number of nitrogens with one attached hydrogen (secondary N) is 1. The van der Waals surface area contributed by atoms with Gasteiger partial charge in [0, 0.05) is 18.8 Å². The van der Waals surface area contributed by atoms with Gasteiger partial charge in [0.2, 0.25) is 5.91 Å². The minimum atomic E-state index is -0.472. The van der Waals surface area contributed by atoms with Gasteiger partial charge in [0.1, 0.15) is 6.04 Å². The molecule has 1 N–H and O–H groups in total. The van der Waals surface area contributed by atoms with Crippen molar-refractivity contribution in [1.82, 2.24) is 19.8 Å². The largest absolute Gasteiger partial charge is 0.459 e. The van der Waals surface area contributed by atoms with Gasteiger partial charge in [0.05, 0.1) is 31.4 Å². The van der Waals surface area contributed by atoms with E-state index in [0.717, 1.165) is 11.3 Å². The van der Waals surface area contributed by atoms with Crippen molar-refractivity contribution >= 4 is 11.8 Å². The van der Waals surface area contributed by atoms with E-state index < -0.39 is 6.04 Å². The molecule has 2 amide bonds. The first kappa shape index (κ1) is 13.4. The molecule has 3 heterocycles. The van der Waals surface area contributed by atoms with Crippen LogP contribution in [-0.2, 0) is 11.3 Å². The minimum absolute atomic E-state index is 0.150. The molecule has 0 radical (unpaired) electrons. The van der Waals surface area contributed by atoms with Gasteiger partial charge in [-0.2, -0.15) is 0 Å². The molecule has 110 valence electrons. The second-order valence-electron chi connectivity index (χ2n) is 5.04. The summed E-state index contributed by atoms with van der Waals surface area (Å²) >= 11 is 0. The maximum absolute atomic E-state index is 12.5. The van der Waals surface area contributed by atoms with Crippen LogP contribution in [0.4, 0.5) is 0 Å². The fourth-order valence-electron chi connectivity index (χ4n) is 2.56. The van der Waals surface area contributed by atoms with Gasteiger partial charge >= 0.3 is 0 Å². The lowest BCUT2D eigenvalue weighted by atomic mass is 10.1. The van der Waals surface area contributed by atoms with E-state index in [9.17, 15) is 9.59 Å². The Hall–Kier alpha value is -2.57. The molecule has 7 heteroatoms. The Morgan fingerprint density at radius 3 is 2.95 bits per heavy atom. The standard InChI is InChI=1S/C14H16N4O3/c1-9-3-4-21-12(9)14(20)17-6-10-5-16-8-18(10)11(7-17)13(19)15-2/h3-5,8,11H,6-7H2,1-2H3,(H,15,19)/t11-/m1/s1. The van der Waals surface area contributed by atoms with Gasteiger partial charge in [-0.3, -0.25) is 9.59 Å². The highest BCUT2D eigenvalue weighted by Crippen LogP contribution is 2.23. The molecule has 2 aromatic rings. The van der Waals surface area contributed by atoms with E-state index in [4.69, 9.17) is 4.42 Å². The summed E-state index contributed by atoms with van der Waals surface area (Å²) in [6.07, 6.45) is 4.78. The van der Waals surface area contributed by atoms with Crippen molar-refractivity contribution in [2.45, 2.75) is 19.5 Å². The molecule has 21 heavy (non-hydrogen) atoms. The molecule has 1 atom stereocenters. The molecule has 0 unspecified atom stereocenters. The van der Waals surface area contributed by atoms with Crippen LogP contribution in [0.15, 0.2) is 29.3 Å². The molecular weight excluding hydrogens is 272 g/mol. The van der Waals surface area contributed by atoms with Gasteiger partial charge in [0.25, 0.3) is 5.91 Å². The van der Waals surface area contributed by atoms with Gasteiger partial charge < -0.3 is 19.2 Å². The van der Waals surface area contributed by atoms with E-state index in [1.54, 1.807) is 35.1 Å². The van der Waals surface area contributed by atoms with Crippen molar-refractivity contribution in [1.29, 1.82) is 0 Å². The molecule has 2 aromatic heterocycles. The maximum atomic E-state index is 12.5. The fraction of sp³-hybridized carbons (Fsp3) is 0.357. The summed E-state index contributed by atoms with van der Waals surface area (Å²) < 4.78 is 7.06. The normalized spacial score (nSPS) is 17.4. The predicted molar refractivity (Wildman–Crippen MR) is 73.5 cm³/mol. The topological polar surface area (TPSA) is 80.4 Å². The molecule has 1 aliphatic rings. The first-order chi connectivity index (χ1) is 10.1. The number of amides is 2. The van der Waals surface area contributed by atoms with Gasteiger partial charge in [0.15, 0.2) is 5.76 Å². The van der Waals surface area contributed by atoms with Gasteiger partial charge in [-0.05, 0) is 13.0 Å². The monoisotopic (exact) mass is 288 g/mol. The lowest BCUT2D eigenvalue weighted by Crippen LogP contribution is -2.45. The molecule has 3 rings (SSSR count). The number of nitrogens with zero attached hydrogens (tertiary/aromatic N) is 3.